The van der Waals surface area contributed by atoms with Gasteiger partial charge >= 0.3 is 0 Å². The first-order valence-electron chi connectivity index (χ1n) is 6.84. The minimum absolute atomic E-state index is 0.245. The molecule has 1 unspecified atom stereocenters. The maximum Gasteiger partial charge on any atom is 0.123 e. The first-order chi connectivity index (χ1) is 9.30. The lowest BCUT2D eigenvalue weighted by atomic mass is 9.86. The maximum absolute atomic E-state index is 10.9. The lowest BCUT2D eigenvalue weighted by molar-refractivity contribution is -0.111. The largest absolute Gasteiger partial charge is 0.497 e. The maximum atomic E-state index is 10.9. The fraction of sp³-hybridized carbons (Fsp3) is 0.438. The van der Waals surface area contributed by atoms with E-state index in [2.05, 4.69) is 17.0 Å². The summed E-state index contributed by atoms with van der Waals surface area (Å²) in [5.41, 5.74) is 4.27. The molecule has 0 spiro atoms. The molecule has 1 atom stereocenters. The molecule has 1 aliphatic carbocycles. The predicted octanol–water partition coefficient (Wildman–Crippen LogP) is 2.81. The van der Waals surface area contributed by atoms with Crippen LogP contribution < -0.4 is 9.64 Å². The number of carbonyl (C=O) groups is 1. The van der Waals surface area contributed by atoms with E-state index in [1.807, 2.05) is 12.1 Å². The van der Waals surface area contributed by atoms with Crippen LogP contribution >= 0.6 is 0 Å². The van der Waals surface area contributed by atoms with E-state index in [1.165, 1.54) is 11.3 Å². The summed E-state index contributed by atoms with van der Waals surface area (Å²) < 4.78 is 5.19. The Labute approximate surface area is 113 Å². The van der Waals surface area contributed by atoms with E-state index in [1.54, 1.807) is 12.7 Å². The molecule has 0 N–H and O–H groups in total. The summed E-state index contributed by atoms with van der Waals surface area (Å²) in [4.78, 5) is 13.3. The third-order valence-electron chi connectivity index (χ3n) is 4.22. The third kappa shape index (κ3) is 2.37. The highest BCUT2D eigenvalue weighted by atomic mass is 16.5. The number of methoxy groups -OCH3 is 1. The van der Waals surface area contributed by atoms with Gasteiger partial charge in [-0.05, 0) is 54.7 Å². The molecule has 2 aliphatic rings. The van der Waals surface area contributed by atoms with Crippen molar-refractivity contribution < 1.29 is 9.53 Å². The lowest BCUT2D eigenvalue weighted by Crippen LogP contribution is -2.20. The van der Waals surface area contributed by atoms with Gasteiger partial charge in [0.1, 0.15) is 12.0 Å². The average molecular weight is 257 g/mol. The van der Waals surface area contributed by atoms with Crippen LogP contribution in [0.3, 0.4) is 0 Å². The monoisotopic (exact) mass is 257 g/mol. The van der Waals surface area contributed by atoms with Gasteiger partial charge in [-0.15, -0.1) is 0 Å². The second-order valence-electron chi connectivity index (χ2n) is 5.40. The number of anilines is 1. The molecule has 1 aromatic rings. The Balaban J connectivity index is 1.71. The SMILES string of the molecule is COc1ccc(N2CC3=C(CC(C=O)CC3)C2)cc1. The summed E-state index contributed by atoms with van der Waals surface area (Å²) >= 11 is 0. The van der Waals surface area contributed by atoms with Crippen LogP contribution in [0.1, 0.15) is 19.3 Å². The summed E-state index contributed by atoms with van der Waals surface area (Å²) in [6.07, 6.45) is 4.20. The second kappa shape index (κ2) is 5.08. The topological polar surface area (TPSA) is 29.5 Å². The van der Waals surface area contributed by atoms with Crippen molar-refractivity contribution in [2.75, 3.05) is 25.1 Å². The highest BCUT2D eigenvalue weighted by molar-refractivity contribution is 5.58. The Kier molecular flexibility index (Phi) is 3.28. The fourth-order valence-electron chi connectivity index (χ4n) is 3.07. The molecule has 1 aliphatic heterocycles. The summed E-state index contributed by atoms with van der Waals surface area (Å²) in [6, 6.07) is 8.21. The molecule has 0 radical (unpaired) electrons. The number of nitrogens with zero attached hydrogens (tertiary/aromatic N) is 1. The molecule has 1 aromatic carbocycles. The van der Waals surface area contributed by atoms with E-state index >= 15 is 0 Å². The van der Waals surface area contributed by atoms with Gasteiger partial charge in [0.05, 0.1) is 7.11 Å². The van der Waals surface area contributed by atoms with Gasteiger partial charge in [-0.3, -0.25) is 0 Å². The van der Waals surface area contributed by atoms with Crippen molar-refractivity contribution in [3.8, 4) is 5.75 Å². The molecule has 3 nitrogen and oxygen atoms in total. The molecule has 3 heteroatoms. The second-order valence-corrected chi connectivity index (χ2v) is 5.40. The van der Waals surface area contributed by atoms with Crippen LogP contribution in [0.15, 0.2) is 35.4 Å². The Morgan fingerprint density at radius 3 is 2.63 bits per heavy atom. The van der Waals surface area contributed by atoms with E-state index < -0.39 is 0 Å². The standard InChI is InChI=1S/C16H19NO2/c1-19-16-6-4-15(5-7-16)17-9-13-3-2-12(11-18)8-14(13)10-17/h4-7,11-12H,2-3,8-10H2,1H3. The summed E-state index contributed by atoms with van der Waals surface area (Å²) in [5.74, 6) is 1.14. The third-order valence-corrected chi connectivity index (χ3v) is 4.22. The molecule has 0 saturated carbocycles. The first-order valence-corrected chi connectivity index (χ1v) is 6.84. The number of ether oxygens (including phenoxy) is 1. The Bertz CT molecular complexity index is 504. The molecular formula is C16H19NO2. The molecule has 0 amide bonds. The van der Waals surface area contributed by atoms with Crippen LogP contribution in [0, 0.1) is 5.92 Å². The van der Waals surface area contributed by atoms with Gasteiger partial charge in [0.2, 0.25) is 0 Å². The predicted molar refractivity (Wildman–Crippen MR) is 75.6 cm³/mol. The van der Waals surface area contributed by atoms with Crippen molar-refractivity contribution in [1.82, 2.24) is 0 Å². The molecule has 3 rings (SSSR count). The molecule has 0 saturated heterocycles. The van der Waals surface area contributed by atoms with Crippen LogP contribution in [0.25, 0.3) is 0 Å². The van der Waals surface area contributed by atoms with Gasteiger partial charge in [-0.1, -0.05) is 0 Å². The normalized spacial score (nSPS) is 22.4. The zero-order valence-electron chi connectivity index (χ0n) is 11.3. The fourth-order valence-corrected chi connectivity index (χ4v) is 3.07. The van der Waals surface area contributed by atoms with Crippen LogP contribution in [-0.4, -0.2) is 26.5 Å². The van der Waals surface area contributed by atoms with E-state index in [0.717, 1.165) is 44.4 Å². The van der Waals surface area contributed by atoms with Gasteiger partial charge in [0.15, 0.2) is 0 Å². The van der Waals surface area contributed by atoms with E-state index in [4.69, 9.17) is 4.74 Å². The number of rotatable bonds is 3. The number of hydrogen-bond acceptors (Lipinski definition) is 3. The van der Waals surface area contributed by atoms with Crippen molar-refractivity contribution in [3.05, 3.63) is 35.4 Å². The Hall–Kier alpha value is -1.77. The molecule has 0 bridgehead atoms. The number of carbonyl (C=O) groups excluding carboxylic acids is 1. The minimum Gasteiger partial charge on any atom is -0.497 e. The van der Waals surface area contributed by atoms with Crippen molar-refractivity contribution in [1.29, 1.82) is 0 Å². The van der Waals surface area contributed by atoms with Crippen LogP contribution in [0.2, 0.25) is 0 Å². The van der Waals surface area contributed by atoms with E-state index in [9.17, 15) is 4.79 Å². The van der Waals surface area contributed by atoms with Crippen molar-refractivity contribution in [2.45, 2.75) is 19.3 Å². The zero-order valence-corrected chi connectivity index (χ0v) is 11.3. The smallest absolute Gasteiger partial charge is 0.123 e. The lowest BCUT2D eigenvalue weighted by Gasteiger charge is -2.19. The minimum atomic E-state index is 0.245. The molecule has 0 aromatic heterocycles. The Morgan fingerprint density at radius 1 is 1.21 bits per heavy atom. The van der Waals surface area contributed by atoms with Gasteiger partial charge < -0.3 is 14.4 Å². The molecule has 19 heavy (non-hydrogen) atoms. The van der Waals surface area contributed by atoms with Gasteiger partial charge in [0.25, 0.3) is 0 Å². The summed E-state index contributed by atoms with van der Waals surface area (Å²) in [6.45, 7) is 2.00. The van der Waals surface area contributed by atoms with Gasteiger partial charge in [0, 0.05) is 24.7 Å². The Morgan fingerprint density at radius 2 is 1.95 bits per heavy atom. The van der Waals surface area contributed by atoms with Crippen LogP contribution in [0.5, 0.6) is 5.75 Å². The number of aldehydes is 1. The highest BCUT2D eigenvalue weighted by Gasteiger charge is 2.28. The quantitative estimate of drug-likeness (QED) is 0.616. The van der Waals surface area contributed by atoms with E-state index in [0.29, 0.717) is 0 Å². The molecule has 100 valence electrons. The van der Waals surface area contributed by atoms with Gasteiger partial charge in [-0.25, -0.2) is 0 Å². The molecule has 0 fully saturated rings. The molecule has 1 heterocycles. The number of hydrogen-bond donors (Lipinski definition) is 0. The van der Waals surface area contributed by atoms with Crippen LogP contribution in [0.4, 0.5) is 5.69 Å². The average Bonchev–Trinajstić information content (AvgIpc) is 2.90. The first kappa shape index (κ1) is 12.3. The summed E-state index contributed by atoms with van der Waals surface area (Å²) in [5, 5.41) is 0. The van der Waals surface area contributed by atoms with E-state index in [-0.39, 0.29) is 5.92 Å². The zero-order chi connectivity index (χ0) is 13.2. The molecular weight excluding hydrogens is 238 g/mol. The van der Waals surface area contributed by atoms with Crippen molar-refractivity contribution in [3.63, 3.8) is 0 Å². The highest BCUT2D eigenvalue weighted by Crippen LogP contribution is 2.35. The summed E-state index contributed by atoms with van der Waals surface area (Å²) in [7, 11) is 1.69. The van der Waals surface area contributed by atoms with Crippen molar-refractivity contribution in [2.24, 2.45) is 5.92 Å². The number of benzene rings is 1. The van der Waals surface area contributed by atoms with Crippen molar-refractivity contribution >= 4 is 12.0 Å². The van der Waals surface area contributed by atoms with Crippen LogP contribution in [-0.2, 0) is 4.79 Å². The van der Waals surface area contributed by atoms with Gasteiger partial charge in [-0.2, -0.15) is 0 Å².